The molecular weight excluding hydrogens is 292 g/mol. The van der Waals surface area contributed by atoms with E-state index in [-0.39, 0.29) is 6.42 Å². The Morgan fingerprint density at radius 2 is 1.57 bits per heavy atom. The Balaban J connectivity index is 1.82. The van der Waals surface area contributed by atoms with E-state index in [0.29, 0.717) is 5.56 Å². The highest BCUT2D eigenvalue weighted by Crippen LogP contribution is 2.52. The van der Waals surface area contributed by atoms with Crippen molar-refractivity contribution in [1.29, 1.82) is 0 Å². The highest BCUT2D eigenvalue weighted by atomic mass is 16.4. The van der Waals surface area contributed by atoms with Gasteiger partial charge in [-0.15, -0.1) is 0 Å². The predicted molar refractivity (Wildman–Crippen MR) is 84.6 cm³/mol. The molecule has 0 amide bonds. The zero-order valence-corrected chi connectivity index (χ0v) is 12.2. The van der Waals surface area contributed by atoms with Crippen LogP contribution in [0, 0.1) is 23.2 Å². The molecule has 0 aromatic heterocycles. The van der Waals surface area contributed by atoms with Gasteiger partial charge in [-0.1, -0.05) is 54.3 Å². The molecule has 0 bridgehead atoms. The summed E-state index contributed by atoms with van der Waals surface area (Å²) in [5.74, 6) is 2.25. The van der Waals surface area contributed by atoms with E-state index < -0.39 is 23.3 Å². The molecule has 1 fully saturated rings. The second kappa shape index (κ2) is 5.62. The first kappa shape index (κ1) is 14.9. The lowest BCUT2D eigenvalue weighted by Crippen LogP contribution is -2.19. The van der Waals surface area contributed by atoms with Crippen LogP contribution >= 0.6 is 0 Å². The third-order valence-corrected chi connectivity index (χ3v) is 4.06. The second-order valence-corrected chi connectivity index (χ2v) is 5.56. The number of aliphatic carboxylic acids is 2. The Kier molecular flexibility index (Phi) is 3.63. The quantitative estimate of drug-likeness (QED) is 0.855. The number of hydrogen-bond donors (Lipinski definition) is 2. The Hall–Kier alpha value is -3.06. The molecule has 2 aromatic rings. The molecule has 2 N–H and O–H groups in total. The summed E-state index contributed by atoms with van der Waals surface area (Å²) in [7, 11) is 0. The Bertz CT molecular complexity index is 812. The summed E-state index contributed by atoms with van der Waals surface area (Å²) >= 11 is 0. The molecule has 1 aliphatic rings. The van der Waals surface area contributed by atoms with Gasteiger partial charge in [-0.05, 0) is 29.7 Å². The van der Waals surface area contributed by atoms with Crippen molar-refractivity contribution < 1.29 is 19.8 Å². The van der Waals surface area contributed by atoms with Gasteiger partial charge in [-0.25, -0.2) is 0 Å². The molecule has 4 nitrogen and oxygen atoms in total. The highest BCUT2D eigenvalue weighted by Gasteiger charge is 2.64. The predicted octanol–water partition coefficient (Wildman–Crippen LogP) is 2.88. The Morgan fingerprint density at radius 3 is 2.09 bits per heavy atom. The van der Waals surface area contributed by atoms with Crippen LogP contribution < -0.4 is 0 Å². The highest BCUT2D eigenvalue weighted by molar-refractivity contribution is 5.92. The second-order valence-electron chi connectivity index (χ2n) is 5.56. The van der Waals surface area contributed by atoms with Gasteiger partial charge in [0.15, 0.2) is 0 Å². The first-order valence-corrected chi connectivity index (χ1v) is 7.18. The summed E-state index contributed by atoms with van der Waals surface area (Å²) in [5, 5.41) is 18.2. The molecule has 1 aliphatic carbocycles. The van der Waals surface area contributed by atoms with Crippen molar-refractivity contribution in [2.45, 2.75) is 6.42 Å². The van der Waals surface area contributed by atoms with Crippen molar-refractivity contribution in [2.24, 2.45) is 11.3 Å². The van der Waals surface area contributed by atoms with Crippen LogP contribution in [0.1, 0.15) is 12.0 Å². The van der Waals surface area contributed by atoms with Crippen LogP contribution in [0.5, 0.6) is 0 Å². The first-order valence-electron chi connectivity index (χ1n) is 7.18. The lowest BCUT2D eigenvalue weighted by atomic mass is 10.0. The summed E-state index contributed by atoms with van der Waals surface area (Å²) < 4.78 is 0. The van der Waals surface area contributed by atoms with E-state index in [0.717, 1.165) is 11.1 Å². The molecule has 0 spiro atoms. The fourth-order valence-electron chi connectivity index (χ4n) is 2.55. The van der Waals surface area contributed by atoms with Crippen LogP contribution in [0.3, 0.4) is 0 Å². The van der Waals surface area contributed by atoms with Gasteiger partial charge in [0.25, 0.3) is 0 Å². The van der Waals surface area contributed by atoms with Crippen molar-refractivity contribution in [3.05, 3.63) is 60.2 Å². The van der Waals surface area contributed by atoms with Gasteiger partial charge < -0.3 is 10.2 Å². The monoisotopic (exact) mass is 306 g/mol. The molecule has 0 saturated heterocycles. The molecule has 0 heterocycles. The van der Waals surface area contributed by atoms with E-state index in [4.69, 9.17) is 5.11 Å². The van der Waals surface area contributed by atoms with Crippen molar-refractivity contribution in [3.8, 4) is 23.0 Å². The smallest absolute Gasteiger partial charge is 0.322 e. The molecule has 3 rings (SSSR count). The number of carbonyl (C=O) groups is 2. The fourth-order valence-corrected chi connectivity index (χ4v) is 2.55. The lowest BCUT2D eigenvalue weighted by Gasteiger charge is -2.02. The lowest BCUT2D eigenvalue weighted by molar-refractivity contribution is -0.146. The average Bonchev–Trinajstić information content (AvgIpc) is 3.31. The summed E-state index contributed by atoms with van der Waals surface area (Å²) in [4.78, 5) is 22.3. The van der Waals surface area contributed by atoms with Crippen LogP contribution in [0.25, 0.3) is 11.1 Å². The molecule has 4 heteroatoms. The summed E-state index contributed by atoms with van der Waals surface area (Å²) in [6.07, 6.45) is 0.0623. The summed E-state index contributed by atoms with van der Waals surface area (Å²) in [6.45, 7) is 0. The largest absolute Gasteiger partial charge is 0.481 e. The molecule has 2 aromatic carbocycles. The zero-order chi connectivity index (χ0) is 16.4. The molecule has 2 atom stereocenters. The molecule has 114 valence electrons. The van der Waals surface area contributed by atoms with Crippen LogP contribution in [-0.2, 0) is 9.59 Å². The van der Waals surface area contributed by atoms with Gasteiger partial charge in [0, 0.05) is 5.56 Å². The van der Waals surface area contributed by atoms with Crippen molar-refractivity contribution in [3.63, 3.8) is 0 Å². The van der Waals surface area contributed by atoms with E-state index in [2.05, 4.69) is 11.8 Å². The maximum atomic E-state index is 11.3. The minimum atomic E-state index is -1.44. The topological polar surface area (TPSA) is 74.6 Å². The normalized spacial score (nSPS) is 21.8. The number of carboxylic acid groups (broad SMARTS) is 2. The molecule has 0 aliphatic heterocycles. The molecule has 2 unspecified atom stereocenters. The fraction of sp³-hybridized carbons (Fsp3) is 0.158. The third-order valence-electron chi connectivity index (χ3n) is 4.06. The van der Waals surface area contributed by atoms with Gasteiger partial charge in [0.05, 0.1) is 5.92 Å². The maximum absolute atomic E-state index is 11.3. The van der Waals surface area contributed by atoms with E-state index in [1.165, 1.54) is 0 Å². The minimum absolute atomic E-state index is 0.0623. The summed E-state index contributed by atoms with van der Waals surface area (Å²) in [5.41, 5.74) is 1.35. The number of rotatable bonds is 3. The standard InChI is InChI=1S/C19H14O4/c20-17(21)16-12-19(16,18(22)23)11-10-13-6-8-15(9-7-13)14-4-2-1-3-5-14/h1-9,16H,12H2,(H,20,21)(H,22,23). The number of carboxylic acids is 2. The van der Waals surface area contributed by atoms with Crippen LogP contribution in [0.2, 0.25) is 0 Å². The van der Waals surface area contributed by atoms with E-state index >= 15 is 0 Å². The van der Waals surface area contributed by atoms with E-state index in [1.807, 2.05) is 54.6 Å². The van der Waals surface area contributed by atoms with Crippen LogP contribution in [0.15, 0.2) is 54.6 Å². The Morgan fingerprint density at radius 1 is 0.957 bits per heavy atom. The van der Waals surface area contributed by atoms with Crippen LogP contribution in [0.4, 0.5) is 0 Å². The third kappa shape index (κ3) is 2.82. The maximum Gasteiger partial charge on any atom is 0.322 e. The van der Waals surface area contributed by atoms with E-state index in [9.17, 15) is 14.7 Å². The number of hydrogen-bond acceptors (Lipinski definition) is 2. The number of benzene rings is 2. The van der Waals surface area contributed by atoms with Gasteiger partial charge in [0.1, 0.15) is 5.41 Å². The zero-order valence-electron chi connectivity index (χ0n) is 12.2. The van der Waals surface area contributed by atoms with Crippen molar-refractivity contribution >= 4 is 11.9 Å². The van der Waals surface area contributed by atoms with Gasteiger partial charge in [-0.2, -0.15) is 0 Å². The minimum Gasteiger partial charge on any atom is -0.481 e. The van der Waals surface area contributed by atoms with Gasteiger partial charge in [-0.3, -0.25) is 9.59 Å². The van der Waals surface area contributed by atoms with Crippen LogP contribution in [-0.4, -0.2) is 22.2 Å². The van der Waals surface area contributed by atoms with Crippen molar-refractivity contribution in [2.75, 3.05) is 0 Å². The molecule has 0 radical (unpaired) electrons. The average molecular weight is 306 g/mol. The first-order chi connectivity index (χ1) is 11.0. The SMILES string of the molecule is O=C(O)C1CC1(C#Cc1ccc(-c2ccccc2)cc1)C(=O)O. The van der Waals surface area contributed by atoms with Crippen molar-refractivity contribution in [1.82, 2.24) is 0 Å². The van der Waals surface area contributed by atoms with Gasteiger partial charge in [0.2, 0.25) is 0 Å². The molecule has 23 heavy (non-hydrogen) atoms. The molecular formula is C19H14O4. The molecule has 1 saturated carbocycles. The Labute approximate surface area is 133 Å². The van der Waals surface area contributed by atoms with E-state index in [1.54, 1.807) is 0 Å². The van der Waals surface area contributed by atoms with Gasteiger partial charge >= 0.3 is 11.9 Å². The summed E-state index contributed by atoms with van der Waals surface area (Å²) in [6, 6.07) is 17.3.